The second-order valence-electron chi connectivity index (χ2n) is 10.2. The van der Waals surface area contributed by atoms with Crippen LogP contribution in [0.4, 0.5) is 0 Å². The molecule has 0 aromatic heterocycles. The van der Waals surface area contributed by atoms with Crippen LogP contribution < -0.4 is 10.2 Å². The van der Waals surface area contributed by atoms with Crippen LogP contribution in [-0.4, -0.2) is 13.2 Å². The van der Waals surface area contributed by atoms with Crippen LogP contribution in [0.25, 0.3) is 43.1 Å². The van der Waals surface area contributed by atoms with E-state index in [0.717, 1.165) is 0 Å². The van der Waals surface area contributed by atoms with Crippen molar-refractivity contribution in [1.29, 1.82) is 0 Å². The van der Waals surface area contributed by atoms with E-state index in [1.807, 2.05) is 12.1 Å². The molecule has 0 radical (unpaired) electrons. The first-order valence-corrected chi connectivity index (χ1v) is 15.4. The van der Waals surface area contributed by atoms with E-state index in [4.69, 9.17) is 10.2 Å². The average Bonchev–Trinajstić information content (AvgIpc) is 3.66. The fourth-order valence-corrected chi connectivity index (χ4v) is 5.10. The van der Waals surface area contributed by atoms with E-state index in [0.29, 0.717) is 0 Å². The Morgan fingerprint density at radius 3 is 0.870 bits per heavy atom. The van der Waals surface area contributed by atoms with Gasteiger partial charge in [0, 0.05) is 0 Å². The van der Waals surface area contributed by atoms with Crippen molar-refractivity contribution in [3.8, 4) is 0 Å². The number of rotatable bonds is 2. The Balaban J connectivity index is 0.000000171. The Bertz CT molecular complexity index is 1720. The van der Waals surface area contributed by atoms with Gasteiger partial charge in [0.1, 0.15) is 0 Å². The molecule has 0 spiro atoms. The van der Waals surface area contributed by atoms with Gasteiger partial charge in [-0.3, -0.25) is 0 Å². The Morgan fingerprint density at radius 2 is 0.609 bits per heavy atom. The zero-order valence-electron chi connectivity index (χ0n) is 26.5. The van der Waals surface area contributed by atoms with Crippen LogP contribution >= 0.6 is 0 Å². The van der Waals surface area contributed by atoms with Crippen molar-refractivity contribution < 1.29 is 36.4 Å². The smallest absolute Gasteiger partial charge is 0.855 e. The molecule has 0 aliphatic heterocycles. The van der Waals surface area contributed by atoms with Crippen LogP contribution in [0.1, 0.15) is 25.0 Å². The van der Waals surface area contributed by atoms with Crippen molar-refractivity contribution >= 4 is 43.1 Å². The van der Waals surface area contributed by atoms with E-state index in [1.165, 1.54) is 54.2 Å². The summed E-state index contributed by atoms with van der Waals surface area (Å²) in [5.74, 6) is 0. The monoisotopic (exact) mass is 677 g/mol. The van der Waals surface area contributed by atoms with Gasteiger partial charge < -0.3 is 10.2 Å². The topological polar surface area (TPSA) is 46.1 Å². The summed E-state index contributed by atoms with van der Waals surface area (Å²) < 4.78 is 0. The molecule has 8 aromatic rings. The van der Waals surface area contributed by atoms with Gasteiger partial charge in [-0.1, -0.05) is 123 Å². The first-order chi connectivity index (χ1) is 22.2. The van der Waals surface area contributed by atoms with Crippen LogP contribution in [-0.2, 0) is 26.2 Å². The molecule has 0 unspecified atom stereocenters. The van der Waals surface area contributed by atoms with Gasteiger partial charge in [0.15, 0.2) is 0 Å². The minimum absolute atomic E-state index is 0. The summed E-state index contributed by atoms with van der Waals surface area (Å²) >= 11 is 0. The van der Waals surface area contributed by atoms with Crippen LogP contribution in [0.15, 0.2) is 170 Å². The Morgan fingerprint density at radius 1 is 0.391 bits per heavy atom. The van der Waals surface area contributed by atoms with E-state index in [1.54, 1.807) is 13.8 Å². The molecule has 0 atom stereocenters. The third-order valence-electron chi connectivity index (χ3n) is 6.98. The Kier molecular flexibility index (Phi) is 15.7. The van der Waals surface area contributed by atoms with E-state index < -0.39 is 0 Å². The fourth-order valence-electron chi connectivity index (χ4n) is 5.10. The van der Waals surface area contributed by atoms with Crippen molar-refractivity contribution in [1.82, 2.24) is 0 Å². The number of hydrogen-bond donors (Lipinski definition) is 0. The van der Waals surface area contributed by atoms with Gasteiger partial charge in [0.2, 0.25) is 0 Å². The van der Waals surface area contributed by atoms with E-state index in [9.17, 15) is 0 Å². The van der Waals surface area contributed by atoms with E-state index >= 15 is 0 Å². The SMILES string of the molecule is CC[O-].CC[O-].[Zr+2].c1ccc([CH-]c2ccccc2)cc1.c1ccc2c(c1)[cH-]c1ccccc12.c1ccc2c(c1)[cH-]c1ccccc12. The Hall–Kier alpha value is -4.27. The molecule has 0 heterocycles. The van der Waals surface area contributed by atoms with Gasteiger partial charge in [-0.2, -0.15) is 0 Å². The van der Waals surface area contributed by atoms with Crippen molar-refractivity contribution in [2.24, 2.45) is 0 Å². The van der Waals surface area contributed by atoms with Crippen LogP contribution in [0.5, 0.6) is 0 Å². The third kappa shape index (κ3) is 10.4. The molecule has 2 nitrogen and oxygen atoms in total. The first-order valence-electron chi connectivity index (χ1n) is 15.4. The molecule has 0 aliphatic carbocycles. The van der Waals surface area contributed by atoms with E-state index in [-0.39, 0.29) is 39.4 Å². The predicted octanol–water partition coefficient (Wildman–Crippen LogP) is 9.44. The van der Waals surface area contributed by atoms with Crippen molar-refractivity contribution in [2.45, 2.75) is 13.8 Å². The largest absolute Gasteiger partial charge is 2.00 e. The molecule has 8 rings (SSSR count). The van der Waals surface area contributed by atoms with Gasteiger partial charge in [-0.15, -0.1) is 135 Å². The molecular formula is C43H39O2Zr-3. The maximum absolute atomic E-state index is 8.93. The molecule has 0 bridgehead atoms. The summed E-state index contributed by atoms with van der Waals surface area (Å²) in [6.07, 6.45) is 2.17. The molecular weight excluding hydrogens is 640 g/mol. The van der Waals surface area contributed by atoms with Gasteiger partial charge >= 0.3 is 26.2 Å². The van der Waals surface area contributed by atoms with Crippen molar-refractivity contribution in [3.63, 3.8) is 0 Å². The normalized spacial score (nSPS) is 9.74. The van der Waals surface area contributed by atoms with E-state index in [2.05, 4.69) is 164 Å². The zero-order valence-corrected chi connectivity index (χ0v) is 28.9. The summed E-state index contributed by atoms with van der Waals surface area (Å²) in [5, 5.41) is 28.6. The second-order valence-corrected chi connectivity index (χ2v) is 10.2. The Labute approximate surface area is 292 Å². The molecule has 0 aliphatic rings. The van der Waals surface area contributed by atoms with Crippen LogP contribution in [0.3, 0.4) is 0 Å². The van der Waals surface area contributed by atoms with Crippen molar-refractivity contribution in [2.75, 3.05) is 13.2 Å². The maximum atomic E-state index is 8.93. The average molecular weight is 679 g/mol. The quantitative estimate of drug-likeness (QED) is 0.171. The zero-order chi connectivity index (χ0) is 31.7. The molecule has 230 valence electrons. The minimum Gasteiger partial charge on any atom is -0.855 e. The summed E-state index contributed by atoms with van der Waals surface area (Å²) in [4.78, 5) is 0. The van der Waals surface area contributed by atoms with Crippen LogP contribution in [0.2, 0.25) is 0 Å². The third-order valence-corrected chi connectivity index (χ3v) is 6.98. The molecule has 0 N–H and O–H groups in total. The summed E-state index contributed by atoms with van der Waals surface area (Å²) in [7, 11) is 0. The summed E-state index contributed by atoms with van der Waals surface area (Å²) in [5.41, 5.74) is 2.49. The molecule has 0 amide bonds. The van der Waals surface area contributed by atoms with Gasteiger partial charge in [-0.25, -0.2) is 0 Å². The minimum atomic E-state index is 0. The maximum Gasteiger partial charge on any atom is 2.00 e. The number of fused-ring (bicyclic) bond motifs is 6. The molecule has 8 aromatic carbocycles. The molecule has 0 saturated carbocycles. The molecule has 3 heteroatoms. The second kappa shape index (κ2) is 20.0. The van der Waals surface area contributed by atoms with Crippen molar-refractivity contribution in [3.05, 3.63) is 187 Å². The first kappa shape index (κ1) is 36.2. The number of benzene rings is 6. The molecule has 0 saturated heterocycles. The summed E-state index contributed by atoms with van der Waals surface area (Å²) in [6.45, 7) is 3.14. The van der Waals surface area contributed by atoms with Crippen LogP contribution in [0, 0.1) is 6.42 Å². The predicted molar refractivity (Wildman–Crippen MR) is 191 cm³/mol. The fraction of sp³-hybridized carbons (Fsp3) is 0.0930. The molecule has 46 heavy (non-hydrogen) atoms. The molecule has 0 fully saturated rings. The number of hydrogen-bond acceptors (Lipinski definition) is 2. The summed E-state index contributed by atoms with van der Waals surface area (Å²) in [6, 6.07) is 59.2. The van der Waals surface area contributed by atoms with Gasteiger partial charge in [0.25, 0.3) is 0 Å². The van der Waals surface area contributed by atoms with Gasteiger partial charge in [-0.05, 0) is 0 Å². The van der Waals surface area contributed by atoms with Gasteiger partial charge in [0.05, 0.1) is 0 Å². The standard InChI is InChI=1S/2C13H9.C13H11.2C2H5O.Zr/c2*1-3-7-12-10(5-1)9-11-6-2-4-8-13(11)12;1-3-7-12(8-4-1)11-13-9-5-2-6-10-13;2*1-2-3;/h2*1-9H;1-11H;2*2H2,1H3;/q5*-1;+2.